The molecule has 2 N–H and O–H groups in total. The van der Waals surface area contributed by atoms with Gasteiger partial charge in [0.05, 0.1) is 11.9 Å². The van der Waals surface area contributed by atoms with Gasteiger partial charge in [0.15, 0.2) is 11.4 Å². The lowest BCUT2D eigenvalue weighted by Crippen LogP contribution is -2.52. The standard InChI is InChI=1S/C16H19FN4O2.ClH/c1-10-7-12(17)3-4-13(10)21-9-14(22)15(19-21)16(23)20-6-5-18-8-11(20)2;/h3-4,7,9,11,18,22H,5-6,8H2,1-2H3;1H. The number of rotatable bonds is 2. The smallest absolute Gasteiger partial charge is 0.278 e. The maximum atomic E-state index is 13.2. The number of aryl methyl sites for hydroxylation is 1. The van der Waals surface area contributed by atoms with Crippen molar-refractivity contribution in [1.82, 2.24) is 20.0 Å². The highest BCUT2D eigenvalue weighted by molar-refractivity contribution is 5.95. The van der Waals surface area contributed by atoms with Gasteiger partial charge in [0.25, 0.3) is 5.91 Å². The number of carbonyl (C=O) groups is 1. The van der Waals surface area contributed by atoms with E-state index in [1.165, 1.54) is 23.0 Å². The molecule has 0 spiro atoms. The quantitative estimate of drug-likeness (QED) is 0.864. The summed E-state index contributed by atoms with van der Waals surface area (Å²) >= 11 is 0. The molecule has 1 atom stereocenters. The molecule has 3 rings (SSSR count). The number of amides is 1. The fourth-order valence-corrected chi connectivity index (χ4v) is 2.80. The van der Waals surface area contributed by atoms with Gasteiger partial charge in [0.1, 0.15) is 5.82 Å². The molecule has 1 aromatic heterocycles. The van der Waals surface area contributed by atoms with E-state index in [4.69, 9.17) is 0 Å². The van der Waals surface area contributed by atoms with Gasteiger partial charge < -0.3 is 15.3 Å². The second-order valence-corrected chi connectivity index (χ2v) is 5.79. The summed E-state index contributed by atoms with van der Waals surface area (Å²) in [5, 5.41) is 17.5. The second kappa shape index (κ2) is 7.19. The molecular formula is C16H20ClFN4O2. The molecular weight excluding hydrogens is 335 g/mol. The summed E-state index contributed by atoms with van der Waals surface area (Å²) < 4.78 is 14.6. The largest absolute Gasteiger partial charge is 0.504 e. The van der Waals surface area contributed by atoms with Crippen LogP contribution in [0.4, 0.5) is 4.39 Å². The van der Waals surface area contributed by atoms with Crippen LogP contribution in [0.2, 0.25) is 0 Å². The van der Waals surface area contributed by atoms with Crippen molar-refractivity contribution in [2.45, 2.75) is 19.9 Å². The minimum absolute atomic E-state index is 0. The lowest BCUT2D eigenvalue weighted by molar-refractivity contribution is 0.0646. The number of carbonyl (C=O) groups excluding carboxylic acids is 1. The summed E-state index contributed by atoms with van der Waals surface area (Å²) in [5.74, 6) is -0.812. The van der Waals surface area contributed by atoms with E-state index in [0.717, 1.165) is 0 Å². The number of piperazine rings is 1. The lowest BCUT2D eigenvalue weighted by Gasteiger charge is -2.33. The predicted octanol–water partition coefficient (Wildman–Crippen LogP) is 1.88. The Morgan fingerprint density at radius 2 is 2.21 bits per heavy atom. The van der Waals surface area contributed by atoms with Gasteiger partial charge in [-0.2, -0.15) is 5.10 Å². The zero-order chi connectivity index (χ0) is 16.6. The number of aromatic nitrogens is 2. The molecule has 1 unspecified atom stereocenters. The zero-order valence-corrected chi connectivity index (χ0v) is 14.3. The van der Waals surface area contributed by atoms with E-state index in [9.17, 15) is 14.3 Å². The average molecular weight is 355 g/mol. The van der Waals surface area contributed by atoms with Crippen molar-refractivity contribution in [2.75, 3.05) is 19.6 Å². The molecule has 2 aromatic rings. The molecule has 1 aliphatic rings. The fraction of sp³-hybridized carbons (Fsp3) is 0.375. The zero-order valence-electron chi connectivity index (χ0n) is 13.5. The third kappa shape index (κ3) is 3.37. The summed E-state index contributed by atoms with van der Waals surface area (Å²) in [6.45, 7) is 5.69. The van der Waals surface area contributed by atoms with Gasteiger partial charge in [-0.3, -0.25) is 4.79 Å². The van der Waals surface area contributed by atoms with Crippen molar-refractivity contribution in [3.05, 3.63) is 41.5 Å². The SMILES string of the molecule is Cc1cc(F)ccc1-n1cc(O)c(C(=O)N2CCNCC2C)n1.Cl. The average Bonchev–Trinajstić information content (AvgIpc) is 2.88. The van der Waals surface area contributed by atoms with E-state index in [-0.39, 0.29) is 41.6 Å². The van der Waals surface area contributed by atoms with Crippen molar-refractivity contribution >= 4 is 18.3 Å². The van der Waals surface area contributed by atoms with E-state index < -0.39 is 0 Å². The van der Waals surface area contributed by atoms with Crippen molar-refractivity contribution < 1.29 is 14.3 Å². The van der Waals surface area contributed by atoms with Gasteiger partial charge in [-0.15, -0.1) is 12.4 Å². The van der Waals surface area contributed by atoms with Crippen LogP contribution in [-0.4, -0.2) is 51.4 Å². The second-order valence-electron chi connectivity index (χ2n) is 5.79. The summed E-state index contributed by atoms with van der Waals surface area (Å²) in [4.78, 5) is 14.3. The van der Waals surface area contributed by atoms with Crippen LogP contribution in [0.15, 0.2) is 24.4 Å². The molecule has 1 aromatic carbocycles. The van der Waals surface area contributed by atoms with Gasteiger partial charge in [-0.05, 0) is 37.6 Å². The molecule has 130 valence electrons. The first-order chi connectivity index (χ1) is 11.0. The molecule has 0 saturated carbocycles. The van der Waals surface area contributed by atoms with Gasteiger partial charge in [-0.1, -0.05) is 0 Å². The lowest BCUT2D eigenvalue weighted by atomic mass is 10.2. The Kier molecular flexibility index (Phi) is 5.46. The monoisotopic (exact) mass is 354 g/mol. The van der Waals surface area contributed by atoms with Crippen LogP contribution in [0.25, 0.3) is 5.69 Å². The molecule has 1 aliphatic heterocycles. The third-order valence-corrected chi connectivity index (χ3v) is 4.07. The van der Waals surface area contributed by atoms with Crippen LogP contribution in [0.1, 0.15) is 23.0 Å². The van der Waals surface area contributed by atoms with Crippen LogP contribution < -0.4 is 5.32 Å². The molecule has 0 aliphatic carbocycles. The molecule has 0 radical (unpaired) electrons. The molecule has 8 heteroatoms. The number of hydrogen-bond donors (Lipinski definition) is 2. The predicted molar refractivity (Wildman–Crippen MR) is 90.5 cm³/mol. The highest BCUT2D eigenvalue weighted by atomic mass is 35.5. The first-order valence-electron chi connectivity index (χ1n) is 7.54. The molecule has 24 heavy (non-hydrogen) atoms. The van der Waals surface area contributed by atoms with Crippen molar-refractivity contribution in [3.8, 4) is 11.4 Å². The summed E-state index contributed by atoms with van der Waals surface area (Å²) in [6.07, 6.45) is 1.38. The minimum Gasteiger partial charge on any atom is -0.504 e. The number of nitrogens with one attached hydrogen (secondary N) is 1. The first kappa shape index (κ1) is 18.2. The highest BCUT2D eigenvalue weighted by Crippen LogP contribution is 2.23. The molecule has 6 nitrogen and oxygen atoms in total. The summed E-state index contributed by atoms with van der Waals surface area (Å²) in [5.41, 5.74) is 1.30. The normalized spacial score (nSPS) is 17.5. The third-order valence-electron chi connectivity index (χ3n) is 4.07. The van der Waals surface area contributed by atoms with Gasteiger partial charge in [0.2, 0.25) is 0 Å². The van der Waals surface area contributed by atoms with Crippen LogP contribution in [0.3, 0.4) is 0 Å². The first-order valence-corrected chi connectivity index (χ1v) is 7.54. The van der Waals surface area contributed by atoms with Crippen molar-refractivity contribution in [1.29, 1.82) is 0 Å². The Labute approximate surface area is 145 Å². The van der Waals surface area contributed by atoms with Crippen LogP contribution in [-0.2, 0) is 0 Å². The van der Waals surface area contributed by atoms with E-state index >= 15 is 0 Å². The number of hydrogen-bond acceptors (Lipinski definition) is 4. The Morgan fingerprint density at radius 1 is 1.46 bits per heavy atom. The van der Waals surface area contributed by atoms with Crippen LogP contribution in [0, 0.1) is 12.7 Å². The Balaban J connectivity index is 0.00000208. The summed E-state index contributed by atoms with van der Waals surface area (Å²) in [6, 6.07) is 4.31. The topological polar surface area (TPSA) is 70.4 Å². The molecule has 1 fully saturated rings. The number of benzene rings is 1. The highest BCUT2D eigenvalue weighted by Gasteiger charge is 2.28. The van der Waals surface area contributed by atoms with Crippen molar-refractivity contribution in [3.63, 3.8) is 0 Å². The van der Waals surface area contributed by atoms with Crippen molar-refractivity contribution in [2.24, 2.45) is 0 Å². The number of halogens is 2. The van der Waals surface area contributed by atoms with Crippen LogP contribution >= 0.6 is 12.4 Å². The van der Waals surface area contributed by atoms with E-state index in [1.54, 1.807) is 17.9 Å². The van der Waals surface area contributed by atoms with Crippen LogP contribution in [0.5, 0.6) is 5.75 Å². The Hall–Kier alpha value is -2.12. The fourth-order valence-electron chi connectivity index (χ4n) is 2.80. The van der Waals surface area contributed by atoms with Gasteiger partial charge >= 0.3 is 0 Å². The molecule has 1 amide bonds. The Bertz CT molecular complexity index is 750. The van der Waals surface area contributed by atoms with Gasteiger partial charge in [-0.25, -0.2) is 9.07 Å². The molecule has 2 heterocycles. The number of aromatic hydroxyl groups is 1. The number of nitrogens with zero attached hydrogens (tertiary/aromatic N) is 3. The van der Waals surface area contributed by atoms with E-state index in [2.05, 4.69) is 10.4 Å². The minimum atomic E-state index is -0.339. The Morgan fingerprint density at radius 3 is 2.88 bits per heavy atom. The van der Waals surface area contributed by atoms with E-state index in [0.29, 0.717) is 30.9 Å². The maximum absolute atomic E-state index is 13.2. The molecule has 1 saturated heterocycles. The molecule has 0 bridgehead atoms. The summed E-state index contributed by atoms with van der Waals surface area (Å²) in [7, 11) is 0. The van der Waals surface area contributed by atoms with E-state index in [1.807, 2.05) is 6.92 Å². The maximum Gasteiger partial charge on any atom is 0.278 e. The van der Waals surface area contributed by atoms with Gasteiger partial charge in [0, 0.05) is 25.7 Å².